The first-order chi connectivity index (χ1) is 14.6. The lowest BCUT2D eigenvalue weighted by atomic mass is 9.95. The lowest BCUT2D eigenvalue weighted by molar-refractivity contribution is -0.126. The second-order valence-corrected chi connectivity index (χ2v) is 8.44. The molecule has 152 valence electrons. The fourth-order valence-electron chi connectivity index (χ4n) is 3.96. The van der Waals surface area contributed by atoms with Crippen LogP contribution in [0.25, 0.3) is 0 Å². The number of thiophene rings is 1. The van der Waals surface area contributed by atoms with E-state index < -0.39 is 18.1 Å². The monoisotopic (exact) mass is 440 g/mol. The number of halogens is 1. The zero-order valence-electron chi connectivity index (χ0n) is 15.9. The van der Waals surface area contributed by atoms with Gasteiger partial charge in [-0.15, -0.1) is 11.3 Å². The standard InChI is InChI=1S/C22H17ClN2O4S/c1-28-16-10-8-14(9-11-16)24-21(26)18-19(17-3-2-12-30-17)25(29-20(18)22(24)27)15-6-4-13(23)5-7-15/h2-12,18-20H,1H3/t18-,19+,20+/m0/s1. The molecule has 2 aliphatic rings. The van der Waals surface area contributed by atoms with Gasteiger partial charge in [0.05, 0.1) is 18.5 Å². The molecule has 3 heterocycles. The van der Waals surface area contributed by atoms with E-state index >= 15 is 0 Å². The summed E-state index contributed by atoms with van der Waals surface area (Å²) in [6.45, 7) is 0. The van der Waals surface area contributed by atoms with Crippen LogP contribution in [0, 0.1) is 5.92 Å². The number of carbonyl (C=O) groups excluding carboxylic acids is 2. The summed E-state index contributed by atoms with van der Waals surface area (Å²) in [5, 5.41) is 4.22. The van der Waals surface area contributed by atoms with Gasteiger partial charge in [-0.25, -0.2) is 9.96 Å². The van der Waals surface area contributed by atoms with E-state index in [2.05, 4.69) is 0 Å². The molecule has 3 aromatic rings. The summed E-state index contributed by atoms with van der Waals surface area (Å²) in [4.78, 5) is 34.9. The van der Waals surface area contributed by atoms with Crippen molar-refractivity contribution in [3.63, 3.8) is 0 Å². The van der Waals surface area contributed by atoms with Crippen LogP contribution >= 0.6 is 22.9 Å². The van der Waals surface area contributed by atoms with Crippen LogP contribution in [0.15, 0.2) is 66.0 Å². The van der Waals surface area contributed by atoms with E-state index in [4.69, 9.17) is 21.2 Å². The minimum atomic E-state index is -0.887. The first-order valence-electron chi connectivity index (χ1n) is 9.35. The van der Waals surface area contributed by atoms with Crippen LogP contribution < -0.4 is 14.7 Å². The van der Waals surface area contributed by atoms with E-state index in [0.717, 1.165) is 10.6 Å². The highest BCUT2D eigenvalue weighted by Gasteiger charge is 2.60. The van der Waals surface area contributed by atoms with Gasteiger partial charge in [0.2, 0.25) is 5.91 Å². The Hall–Kier alpha value is -2.87. The van der Waals surface area contributed by atoms with Crippen LogP contribution in [0.2, 0.25) is 5.02 Å². The summed E-state index contributed by atoms with van der Waals surface area (Å²) in [6, 6.07) is 17.5. The van der Waals surface area contributed by atoms with Crippen LogP contribution in [0.1, 0.15) is 10.9 Å². The fraction of sp³-hybridized carbons (Fsp3) is 0.182. The number of benzene rings is 2. The highest BCUT2D eigenvalue weighted by atomic mass is 35.5. The number of hydrogen-bond donors (Lipinski definition) is 0. The molecule has 0 aliphatic carbocycles. The van der Waals surface area contributed by atoms with Crippen LogP contribution in [0.4, 0.5) is 11.4 Å². The van der Waals surface area contributed by atoms with Gasteiger partial charge >= 0.3 is 0 Å². The van der Waals surface area contributed by atoms with Gasteiger partial charge in [-0.3, -0.25) is 14.4 Å². The first kappa shape index (κ1) is 19.1. The molecule has 2 saturated heterocycles. The van der Waals surface area contributed by atoms with Crippen molar-refractivity contribution in [2.45, 2.75) is 12.1 Å². The molecule has 0 N–H and O–H groups in total. The maximum atomic E-state index is 13.4. The molecule has 2 aromatic carbocycles. The summed E-state index contributed by atoms with van der Waals surface area (Å²) in [5.74, 6) is -0.633. The van der Waals surface area contributed by atoms with Crippen molar-refractivity contribution < 1.29 is 19.2 Å². The van der Waals surface area contributed by atoms with Crippen molar-refractivity contribution in [1.29, 1.82) is 0 Å². The molecule has 3 atom stereocenters. The van der Waals surface area contributed by atoms with E-state index in [1.807, 2.05) is 29.6 Å². The molecule has 2 aliphatic heterocycles. The number of rotatable bonds is 4. The van der Waals surface area contributed by atoms with Gasteiger partial charge < -0.3 is 4.74 Å². The van der Waals surface area contributed by atoms with Crippen LogP contribution in [0.3, 0.4) is 0 Å². The zero-order chi connectivity index (χ0) is 20.8. The maximum absolute atomic E-state index is 13.4. The molecule has 8 heteroatoms. The number of methoxy groups -OCH3 is 1. The van der Waals surface area contributed by atoms with Crippen LogP contribution in [-0.4, -0.2) is 25.0 Å². The number of hydroxylamine groups is 1. The lowest BCUT2D eigenvalue weighted by Crippen LogP contribution is -2.37. The summed E-state index contributed by atoms with van der Waals surface area (Å²) >= 11 is 7.55. The minimum Gasteiger partial charge on any atom is -0.497 e. The summed E-state index contributed by atoms with van der Waals surface area (Å²) in [5.41, 5.74) is 1.25. The van der Waals surface area contributed by atoms with Gasteiger partial charge in [-0.1, -0.05) is 17.7 Å². The van der Waals surface area contributed by atoms with Crippen molar-refractivity contribution in [2.75, 3.05) is 17.1 Å². The van der Waals surface area contributed by atoms with Crippen molar-refractivity contribution in [1.82, 2.24) is 0 Å². The Morgan fingerprint density at radius 3 is 2.30 bits per heavy atom. The molecule has 1 aromatic heterocycles. The van der Waals surface area contributed by atoms with Crippen molar-refractivity contribution in [3.05, 3.63) is 75.9 Å². The molecule has 0 unspecified atom stereocenters. The smallest absolute Gasteiger partial charge is 0.266 e. The number of ether oxygens (including phenoxy) is 1. The third kappa shape index (κ3) is 2.98. The van der Waals surface area contributed by atoms with Crippen molar-refractivity contribution in [3.8, 4) is 5.75 Å². The molecule has 0 spiro atoms. The Bertz CT molecular complexity index is 1090. The Kier molecular flexibility index (Phi) is 4.73. The molecule has 2 fully saturated rings. The van der Waals surface area contributed by atoms with E-state index in [1.54, 1.807) is 48.6 Å². The second-order valence-electron chi connectivity index (χ2n) is 7.02. The van der Waals surface area contributed by atoms with Gasteiger partial charge in [0.15, 0.2) is 6.10 Å². The van der Waals surface area contributed by atoms with E-state index in [1.165, 1.54) is 16.2 Å². The first-order valence-corrected chi connectivity index (χ1v) is 10.6. The minimum absolute atomic E-state index is 0.273. The number of anilines is 2. The highest BCUT2D eigenvalue weighted by Crippen LogP contribution is 2.48. The Balaban J connectivity index is 1.53. The van der Waals surface area contributed by atoms with Crippen molar-refractivity contribution in [2.24, 2.45) is 5.92 Å². The predicted molar refractivity (Wildman–Crippen MR) is 115 cm³/mol. The largest absolute Gasteiger partial charge is 0.497 e. The Morgan fingerprint density at radius 2 is 1.67 bits per heavy atom. The number of nitrogens with zero attached hydrogens (tertiary/aromatic N) is 2. The Labute approximate surface area is 182 Å². The SMILES string of the molecule is COc1ccc(N2C(=O)[C@H]3[C@@H](c4cccs4)N(c4ccc(Cl)cc4)O[C@H]3C2=O)cc1. The molecule has 0 saturated carbocycles. The third-order valence-corrected chi connectivity index (χ3v) is 6.56. The van der Waals surface area contributed by atoms with Crippen molar-refractivity contribution >= 4 is 46.1 Å². The predicted octanol–water partition coefficient (Wildman–Crippen LogP) is 4.46. The van der Waals surface area contributed by atoms with Crippen LogP contribution in [-0.2, 0) is 14.4 Å². The molecule has 0 radical (unpaired) electrons. The fourth-order valence-corrected chi connectivity index (χ4v) is 4.94. The average molecular weight is 441 g/mol. The number of imide groups is 1. The summed E-state index contributed by atoms with van der Waals surface area (Å²) < 4.78 is 5.17. The molecule has 6 nitrogen and oxygen atoms in total. The normalized spacial score (nSPS) is 23.2. The quantitative estimate of drug-likeness (QED) is 0.560. The average Bonchev–Trinajstić information content (AvgIpc) is 3.47. The van der Waals surface area contributed by atoms with Gasteiger partial charge in [-0.2, -0.15) is 0 Å². The summed E-state index contributed by atoms with van der Waals surface area (Å²) in [7, 11) is 1.57. The lowest BCUT2D eigenvalue weighted by Gasteiger charge is -2.27. The molecule has 0 bridgehead atoms. The highest BCUT2D eigenvalue weighted by molar-refractivity contribution is 7.10. The third-order valence-electron chi connectivity index (χ3n) is 5.36. The number of carbonyl (C=O) groups is 2. The maximum Gasteiger partial charge on any atom is 0.266 e. The molecule has 30 heavy (non-hydrogen) atoms. The number of fused-ring (bicyclic) bond motifs is 1. The van der Waals surface area contributed by atoms with Gasteiger partial charge in [-0.05, 0) is 60.0 Å². The van der Waals surface area contributed by atoms with Gasteiger partial charge in [0.1, 0.15) is 17.7 Å². The molecular formula is C22H17ClN2O4S. The number of hydrogen-bond acceptors (Lipinski definition) is 6. The van der Waals surface area contributed by atoms with E-state index in [9.17, 15) is 9.59 Å². The zero-order valence-corrected chi connectivity index (χ0v) is 17.5. The summed E-state index contributed by atoms with van der Waals surface area (Å²) in [6.07, 6.45) is -0.887. The Morgan fingerprint density at radius 1 is 0.967 bits per heavy atom. The molecular weight excluding hydrogens is 424 g/mol. The van der Waals surface area contributed by atoms with Crippen LogP contribution in [0.5, 0.6) is 5.75 Å². The van der Waals surface area contributed by atoms with Gasteiger partial charge in [0, 0.05) is 9.90 Å². The topological polar surface area (TPSA) is 59.1 Å². The number of amides is 2. The van der Waals surface area contributed by atoms with E-state index in [0.29, 0.717) is 16.5 Å². The molecule has 5 rings (SSSR count). The van der Waals surface area contributed by atoms with Gasteiger partial charge in [0.25, 0.3) is 5.91 Å². The second kappa shape index (κ2) is 7.43. The van der Waals surface area contributed by atoms with E-state index in [-0.39, 0.29) is 11.8 Å². The molecule has 2 amide bonds.